The van der Waals surface area contributed by atoms with Crippen LogP contribution in [-0.2, 0) is 14.3 Å². The Morgan fingerprint density at radius 1 is 1.28 bits per heavy atom. The Bertz CT molecular complexity index is 313. The topological polar surface area (TPSA) is 58.6 Å². The van der Waals surface area contributed by atoms with Gasteiger partial charge in [-0.05, 0) is 38.6 Å². The highest BCUT2D eigenvalue weighted by Gasteiger charge is 2.33. The summed E-state index contributed by atoms with van der Waals surface area (Å²) >= 11 is 0. The highest BCUT2D eigenvalue weighted by atomic mass is 16.5. The van der Waals surface area contributed by atoms with E-state index in [2.05, 4.69) is 5.32 Å². The van der Waals surface area contributed by atoms with Gasteiger partial charge in [-0.15, -0.1) is 0 Å². The van der Waals surface area contributed by atoms with Gasteiger partial charge in [-0.1, -0.05) is 0 Å². The number of rotatable bonds is 3. The maximum absolute atomic E-state index is 12.4. The summed E-state index contributed by atoms with van der Waals surface area (Å²) in [5, 5.41) is 3.23. The van der Waals surface area contributed by atoms with Gasteiger partial charge in [0.05, 0.1) is 19.6 Å². The number of nitrogens with one attached hydrogen (secondary N) is 1. The van der Waals surface area contributed by atoms with E-state index in [1.807, 2.05) is 4.90 Å². The monoisotopic (exact) mass is 254 g/mol. The van der Waals surface area contributed by atoms with E-state index in [1.54, 1.807) is 0 Å². The van der Waals surface area contributed by atoms with Crippen molar-refractivity contribution in [2.24, 2.45) is 0 Å². The Hall–Kier alpha value is -1.10. The molecule has 2 fully saturated rings. The maximum atomic E-state index is 12.4. The van der Waals surface area contributed by atoms with Crippen LogP contribution in [0.25, 0.3) is 0 Å². The van der Waals surface area contributed by atoms with Crippen LogP contribution in [0.2, 0.25) is 0 Å². The van der Waals surface area contributed by atoms with Gasteiger partial charge < -0.3 is 15.0 Å². The predicted octanol–water partition coefficient (Wildman–Crippen LogP) is 0.683. The number of ether oxygens (including phenoxy) is 1. The minimum atomic E-state index is -0.223. The smallest absolute Gasteiger partial charge is 0.307 e. The van der Waals surface area contributed by atoms with Crippen molar-refractivity contribution in [2.75, 3.05) is 20.2 Å². The van der Waals surface area contributed by atoms with Crippen molar-refractivity contribution < 1.29 is 14.3 Å². The molecule has 1 N–H and O–H groups in total. The van der Waals surface area contributed by atoms with Gasteiger partial charge in [0.25, 0.3) is 0 Å². The molecule has 102 valence electrons. The highest BCUT2D eigenvalue weighted by Crippen LogP contribution is 2.22. The van der Waals surface area contributed by atoms with Crippen molar-refractivity contribution in [1.29, 1.82) is 0 Å². The number of likely N-dealkylation sites (tertiary alicyclic amines) is 1. The third kappa shape index (κ3) is 3.02. The molecule has 2 aliphatic heterocycles. The Morgan fingerprint density at radius 3 is 2.78 bits per heavy atom. The Kier molecular flexibility index (Phi) is 4.58. The molecule has 0 bridgehead atoms. The molecule has 0 spiro atoms. The molecule has 0 aliphatic carbocycles. The van der Waals surface area contributed by atoms with E-state index in [-0.39, 0.29) is 24.0 Å². The minimum Gasteiger partial charge on any atom is -0.469 e. The van der Waals surface area contributed by atoms with Crippen LogP contribution in [0.5, 0.6) is 0 Å². The Morgan fingerprint density at radius 2 is 2.11 bits per heavy atom. The number of methoxy groups -OCH3 is 1. The molecule has 5 nitrogen and oxygen atoms in total. The van der Waals surface area contributed by atoms with Gasteiger partial charge in [0, 0.05) is 12.6 Å². The molecule has 2 heterocycles. The van der Waals surface area contributed by atoms with Gasteiger partial charge in [-0.25, -0.2) is 0 Å². The van der Waals surface area contributed by atoms with Crippen LogP contribution in [0.1, 0.15) is 38.5 Å². The lowest BCUT2D eigenvalue weighted by molar-refractivity contribution is -0.145. The molecule has 5 heteroatoms. The molecule has 2 aliphatic rings. The van der Waals surface area contributed by atoms with Gasteiger partial charge in [0.15, 0.2) is 0 Å². The molecule has 1 amide bonds. The second-order valence-corrected chi connectivity index (χ2v) is 5.11. The van der Waals surface area contributed by atoms with E-state index in [0.29, 0.717) is 6.42 Å². The first-order chi connectivity index (χ1) is 8.72. The van der Waals surface area contributed by atoms with E-state index >= 15 is 0 Å². The van der Waals surface area contributed by atoms with Gasteiger partial charge >= 0.3 is 5.97 Å². The zero-order valence-electron chi connectivity index (χ0n) is 11.0. The van der Waals surface area contributed by atoms with E-state index < -0.39 is 0 Å². The van der Waals surface area contributed by atoms with E-state index in [1.165, 1.54) is 7.11 Å². The summed E-state index contributed by atoms with van der Waals surface area (Å²) < 4.78 is 4.71. The summed E-state index contributed by atoms with van der Waals surface area (Å²) in [6, 6.07) is -0.00986. The SMILES string of the molecule is COC(=O)CC1CCCCN1C(=O)C1CCCN1. The quantitative estimate of drug-likeness (QED) is 0.753. The second-order valence-electron chi connectivity index (χ2n) is 5.11. The summed E-state index contributed by atoms with van der Waals surface area (Å²) in [4.78, 5) is 25.7. The molecule has 0 aromatic heterocycles. The third-order valence-corrected chi connectivity index (χ3v) is 3.90. The summed E-state index contributed by atoms with van der Waals surface area (Å²) in [5.41, 5.74) is 0. The number of amides is 1. The summed E-state index contributed by atoms with van der Waals surface area (Å²) in [6.07, 6.45) is 5.34. The molecule has 0 aromatic carbocycles. The normalized spacial score (nSPS) is 28.2. The fraction of sp³-hybridized carbons (Fsp3) is 0.846. The fourth-order valence-corrected chi connectivity index (χ4v) is 2.87. The van der Waals surface area contributed by atoms with Gasteiger partial charge in [0.1, 0.15) is 0 Å². The van der Waals surface area contributed by atoms with Crippen LogP contribution < -0.4 is 5.32 Å². The highest BCUT2D eigenvalue weighted by molar-refractivity contribution is 5.83. The Balaban J connectivity index is 1.97. The molecular weight excluding hydrogens is 232 g/mol. The predicted molar refractivity (Wildman–Crippen MR) is 67.0 cm³/mol. The number of piperidine rings is 1. The maximum Gasteiger partial charge on any atom is 0.307 e. The van der Waals surface area contributed by atoms with Crippen LogP contribution in [0.4, 0.5) is 0 Å². The van der Waals surface area contributed by atoms with E-state index in [4.69, 9.17) is 4.74 Å². The van der Waals surface area contributed by atoms with Crippen LogP contribution >= 0.6 is 0 Å². The van der Waals surface area contributed by atoms with Crippen molar-refractivity contribution in [3.8, 4) is 0 Å². The van der Waals surface area contributed by atoms with Gasteiger partial charge in [-0.3, -0.25) is 9.59 Å². The third-order valence-electron chi connectivity index (χ3n) is 3.90. The van der Waals surface area contributed by atoms with Gasteiger partial charge in [-0.2, -0.15) is 0 Å². The van der Waals surface area contributed by atoms with Crippen LogP contribution in [0.3, 0.4) is 0 Å². The van der Waals surface area contributed by atoms with Crippen LogP contribution in [0.15, 0.2) is 0 Å². The largest absolute Gasteiger partial charge is 0.469 e. The zero-order chi connectivity index (χ0) is 13.0. The first kappa shape index (κ1) is 13.3. The van der Waals surface area contributed by atoms with Crippen molar-refractivity contribution >= 4 is 11.9 Å². The first-order valence-electron chi connectivity index (χ1n) is 6.83. The number of carbonyl (C=O) groups excluding carboxylic acids is 2. The molecule has 2 rings (SSSR count). The van der Waals surface area contributed by atoms with Crippen LogP contribution in [0, 0.1) is 0 Å². The molecule has 2 unspecified atom stereocenters. The average molecular weight is 254 g/mol. The Labute approximate surface area is 108 Å². The van der Waals surface area contributed by atoms with Crippen LogP contribution in [-0.4, -0.2) is 49.1 Å². The first-order valence-corrected chi connectivity index (χ1v) is 6.83. The van der Waals surface area contributed by atoms with Gasteiger partial charge in [0.2, 0.25) is 5.91 Å². The summed E-state index contributed by atoms with van der Waals surface area (Å²) in [5.74, 6) is -0.0554. The number of esters is 1. The second kappa shape index (κ2) is 6.18. The lowest BCUT2D eigenvalue weighted by Gasteiger charge is -2.36. The minimum absolute atomic E-state index is 0.0288. The molecule has 18 heavy (non-hydrogen) atoms. The molecule has 0 aromatic rings. The standard InChI is InChI=1S/C13H22N2O3/c1-18-12(16)9-10-5-2-3-8-15(10)13(17)11-6-4-7-14-11/h10-11,14H,2-9H2,1H3. The van der Waals surface area contributed by atoms with Crippen molar-refractivity contribution in [1.82, 2.24) is 10.2 Å². The molecular formula is C13H22N2O3. The average Bonchev–Trinajstić information content (AvgIpc) is 2.92. The number of hydrogen-bond donors (Lipinski definition) is 1. The van der Waals surface area contributed by atoms with E-state index in [0.717, 1.165) is 45.2 Å². The number of nitrogens with zero attached hydrogens (tertiary/aromatic N) is 1. The lowest BCUT2D eigenvalue weighted by atomic mass is 9.98. The van der Waals surface area contributed by atoms with Crippen molar-refractivity contribution in [3.05, 3.63) is 0 Å². The molecule has 2 atom stereocenters. The summed E-state index contributed by atoms with van der Waals surface area (Å²) in [7, 11) is 1.40. The van der Waals surface area contributed by atoms with Crippen molar-refractivity contribution in [2.45, 2.75) is 50.6 Å². The molecule has 0 radical (unpaired) electrons. The fourth-order valence-electron chi connectivity index (χ4n) is 2.87. The van der Waals surface area contributed by atoms with E-state index in [9.17, 15) is 9.59 Å². The van der Waals surface area contributed by atoms with Crippen molar-refractivity contribution in [3.63, 3.8) is 0 Å². The summed E-state index contributed by atoms with van der Waals surface area (Å²) in [6.45, 7) is 1.70. The molecule has 0 saturated carbocycles. The number of carbonyl (C=O) groups is 2. The number of hydrogen-bond acceptors (Lipinski definition) is 4. The lowest BCUT2D eigenvalue weighted by Crippen LogP contribution is -2.51. The zero-order valence-corrected chi connectivity index (χ0v) is 11.0. The molecule has 2 saturated heterocycles.